The fraction of sp³-hybridized carbons (Fsp3) is 0.300. The van der Waals surface area contributed by atoms with E-state index in [1.807, 2.05) is 26.0 Å². The monoisotopic (exact) mass is 238 g/mol. The van der Waals surface area contributed by atoms with Gasteiger partial charge >= 0.3 is 0 Å². The maximum atomic E-state index is 8.44. The zero-order valence-electron chi connectivity index (χ0n) is 7.69. The van der Waals surface area contributed by atoms with E-state index in [1.54, 1.807) is 0 Å². The van der Waals surface area contributed by atoms with Crippen LogP contribution in [0.2, 0.25) is 0 Å². The lowest BCUT2D eigenvalue weighted by Gasteiger charge is -2.10. The van der Waals surface area contributed by atoms with Gasteiger partial charge in [-0.15, -0.1) is 0 Å². The molecule has 0 radical (unpaired) electrons. The molecule has 1 rings (SSSR count). The summed E-state index contributed by atoms with van der Waals surface area (Å²) < 4.78 is 1.07. The van der Waals surface area contributed by atoms with Crippen LogP contribution in [0.4, 0.5) is 5.69 Å². The molecule has 3 heteroatoms. The maximum absolute atomic E-state index is 8.44. The highest BCUT2D eigenvalue weighted by molar-refractivity contribution is 9.10. The molecule has 0 fully saturated rings. The lowest BCUT2D eigenvalue weighted by Crippen LogP contribution is -2.02. The Bertz CT molecular complexity index is 329. The van der Waals surface area contributed by atoms with Gasteiger partial charge in [-0.2, -0.15) is 5.26 Å². The third-order valence-corrected chi connectivity index (χ3v) is 2.30. The van der Waals surface area contributed by atoms with Crippen LogP contribution in [-0.4, -0.2) is 6.54 Å². The quantitative estimate of drug-likeness (QED) is 0.805. The highest BCUT2D eigenvalue weighted by Gasteiger charge is 2.02. The molecular formula is C10H11BrN2. The molecular weight excluding hydrogens is 228 g/mol. The summed E-state index contributed by atoms with van der Waals surface area (Å²) in [7, 11) is 0. The Morgan fingerprint density at radius 2 is 1.92 bits per heavy atom. The minimum atomic E-state index is 0.351. The van der Waals surface area contributed by atoms with Crippen LogP contribution in [-0.2, 0) is 0 Å². The van der Waals surface area contributed by atoms with Crippen LogP contribution < -0.4 is 5.32 Å². The topological polar surface area (TPSA) is 35.8 Å². The number of hydrogen-bond donors (Lipinski definition) is 1. The second-order valence-corrected chi connectivity index (χ2v) is 3.84. The summed E-state index contributed by atoms with van der Waals surface area (Å²) in [4.78, 5) is 0. The zero-order chi connectivity index (χ0) is 9.84. The summed E-state index contributed by atoms with van der Waals surface area (Å²) >= 11 is 3.42. The molecule has 0 saturated carbocycles. The molecule has 1 aromatic rings. The van der Waals surface area contributed by atoms with E-state index in [0.29, 0.717) is 6.54 Å². The number of halogens is 1. The van der Waals surface area contributed by atoms with Crippen molar-refractivity contribution in [3.05, 3.63) is 27.7 Å². The third-order valence-electron chi connectivity index (χ3n) is 1.84. The van der Waals surface area contributed by atoms with Gasteiger partial charge in [-0.3, -0.25) is 0 Å². The number of nitriles is 1. The Hall–Kier alpha value is -1.01. The molecule has 1 aromatic carbocycles. The van der Waals surface area contributed by atoms with Gasteiger partial charge in [-0.25, -0.2) is 0 Å². The lowest BCUT2D eigenvalue weighted by atomic mass is 10.1. The summed E-state index contributed by atoms with van der Waals surface area (Å²) in [6.07, 6.45) is 0. The van der Waals surface area contributed by atoms with Crippen molar-refractivity contribution in [3.63, 3.8) is 0 Å². The fourth-order valence-corrected chi connectivity index (χ4v) is 2.00. The Labute approximate surface area is 86.7 Å². The minimum Gasteiger partial charge on any atom is -0.372 e. The number of anilines is 1. The molecule has 0 aliphatic heterocycles. The predicted octanol–water partition coefficient (Wildman–Crippen LogP) is 3.00. The van der Waals surface area contributed by atoms with Gasteiger partial charge in [0.15, 0.2) is 0 Å². The molecule has 0 aliphatic carbocycles. The van der Waals surface area contributed by atoms with Gasteiger partial charge in [-0.1, -0.05) is 15.9 Å². The first kappa shape index (κ1) is 10.1. The maximum Gasteiger partial charge on any atom is 0.103 e. The molecule has 0 aromatic heterocycles. The van der Waals surface area contributed by atoms with Crippen molar-refractivity contribution < 1.29 is 0 Å². The van der Waals surface area contributed by atoms with Crippen molar-refractivity contribution in [1.29, 1.82) is 5.26 Å². The molecule has 68 valence electrons. The SMILES string of the molecule is Cc1cc(Br)cc(C)c1NCC#N. The van der Waals surface area contributed by atoms with Crippen molar-refractivity contribution in [2.24, 2.45) is 0 Å². The molecule has 0 spiro atoms. The minimum absolute atomic E-state index is 0.351. The lowest BCUT2D eigenvalue weighted by molar-refractivity contribution is 1.26. The van der Waals surface area contributed by atoms with Gasteiger partial charge < -0.3 is 5.32 Å². The smallest absolute Gasteiger partial charge is 0.103 e. The van der Waals surface area contributed by atoms with Gasteiger partial charge in [0.2, 0.25) is 0 Å². The molecule has 2 nitrogen and oxygen atoms in total. The summed E-state index contributed by atoms with van der Waals surface area (Å²) in [5.74, 6) is 0. The van der Waals surface area contributed by atoms with E-state index in [1.165, 1.54) is 0 Å². The van der Waals surface area contributed by atoms with E-state index in [4.69, 9.17) is 5.26 Å². The average Bonchev–Trinajstić information content (AvgIpc) is 2.02. The second kappa shape index (κ2) is 4.29. The molecule has 0 atom stereocenters. The van der Waals surface area contributed by atoms with Crippen molar-refractivity contribution >= 4 is 21.6 Å². The van der Waals surface area contributed by atoms with Crippen LogP contribution in [0.1, 0.15) is 11.1 Å². The largest absolute Gasteiger partial charge is 0.372 e. The molecule has 0 aliphatic rings. The van der Waals surface area contributed by atoms with Crippen LogP contribution >= 0.6 is 15.9 Å². The molecule has 0 bridgehead atoms. The Morgan fingerprint density at radius 3 is 2.38 bits per heavy atom. The highest BCUT2D eigenvalue weighted by atomic mass is 79.9. The van der Waals surface area contributed by atoms with Gasteiger partial charge in [-0.05, 0) is 37.1 Å². The third kappa shape index (κ3) is 2.46. The highest BCUT2D eigenvalue weighted by Crippen LogP contribution is 2.24. The van der Waals surface area contributed by atoms with Crippen molar-refractivity contribution in [1.82, 2.24) is 0 Å². The first-order valence-electron chi connectivity index (χ1n) is 4.02. The van der Waals surface area contributed by atoms with Crippen LogP contribution in [0.25, 0.3) is 0 Å². The second-order valence-electron chi connectivity index (χ2n) is 2.93. The summed E-state index contributed by atoms with van der Waals surface area (Å²) in [6.45, 7) is 4.40. The number of hydrogen-bond acceptors (Lipinski definition) is 2. The standard InChI is InChI=1S/C10H11BrN2/c1-7-5-9(11)6-8(2)10(7)13-4-3-12/h5-6,13H,4H2,1-2H3. The molecule has 13 heavy (non-hydrogen) atoms. The number of nitrogens with one attached hydrogen (secondary N) is 1. The van der Waals surface area contributed by atoms with E-state index >= 15 is 0 Å². The first-order chi connectivity index (χ1) is 6.15. The van der Waals surface area contributed by atoms with Crippen LogP contribution in [0.3, 0.4) is 0 Å². The first-order valence-corrected chi connectivity index (χ1v) is 4.82. The van der Waals surface area contributed by atoms with Gasteiger partial charge in [0, 0.05) is 10.2 Å². The van der Waals surface area contributed by atoms with E-state index in [2.05, 4.69) is 27.3 Å². The summed E-state index contributed by atoms with van der Waals surface area (Å²) in [6, 6.07) is 6.13. The number of aryl methyl sites for hydroxylation is 2. The fourth-order valence-electron chi connectivity index (χ4n) is 1.32. The van der Waals surface area contributed by atoms with Crippen LogP contribution in [0.15, 0.2) is 16.6 Å². The van der Waals surface area contributed by atoms with E-state index in [0.717, 1.165) is 21.3 Å². The van der Waals surface area contributed by atoms with Gasteiger partial charge in [0.1, 0.15) is 6.54 Å². The van der Waals surface area contributed by atoms with E-state index < -0.39 is 0 Å². The Balaban J connectivity index is 3.00. The Morgan fingerprint density at radius 1 is 1.38 bits per heavy atom. The predicted molar refractivity (Wildman–Crippen MR) is 57.7 cm³/mol. The summed E-state index contributed by atoms with van der Waals surface area (Å²) in [5, 5.41) is 11.5. The number of nitrogens with zero attached hydrogens (tertiary/aromatic N) is 1. The van der Waals surface area contributed by atoms with E-state index in [9.17, 15) is 0 Å². The number of benzene rings is 1. The molecule has 0 amide bonds. The zero-order valence-corrected chi connectivity index (χ0v) is 9.27. The van der Waals surface area contributed by atoms with Gasteiger partial charge in [0.25, 0.3) is 0 Å². The van der Waals surface area contributed by atoms with Crippen LogP contribution in [0.5, 0.6) is 0 Å². The van der Waals surface area contributed by atoms with Crippen LogP contribution in [0, 0.1) is 25.2 Å². The van der Waals surface area contributed by atoms with Gasteiger partial charge in [0.05, 0.1) is 6.07 Å². The molecule has 0 heterocycles. The number of rotatable bonds is 2. The molecule has 0 saturated heterocycles. The van der Waals surface area contributed by atoms with Crippen molar-refractivity contribution in [2.45, 2.75) is 13.8 Å². The van der Waals surface area contributed by atoms with E-state index in [-0.39, 0.29) is 0 Å². The van der Waals surface area contributed by atoms with Crippen molar-refractivity contribution in [3.8, 4) is 6.07 Å². The van der Waals surface area contributed by atoms with Crippen molar-refractivity contribution in [2.75, 3.05) is 11.9 Å². The summed E-state index contributed by atoms with van der Waals surface area (Å²) in [5.41, 5.74) is 3.37. The molecule has 1 N–H and O–H groups in total. The average molecular weight is 239 g/mol. The Kier molecular flexibility index (Phi) is 3.32. The normalized spacial score (nSPS) is 9.38. The molecule has 0 unspecified atom stereocenters.